The van der Waals surface area contributed by atoms with E-state index in [-0.39, 0.29) is 17.7 Å². The highest BCUT2D eigenvalue weighted by molar-refractivity contribution is 5.98. The molecule has 0 bridgehead atoms. The van der Waals surface area contributed by atoms with Crippen LogP contribution in [-0.2, 0) is 20.7 Å². The summed E-state index contributed by atoms with van der Waals surface area (Å²) in [4.78, 5) is 26.0. The highest BCUT2D eigenvalue weighted by Crippen LogP contribution is 2.30. The molecular formula is C17H22N2O3. The second-order valence-electron chi connectivity index (χ2n) is 5.88. The second-order valence-corrected chi connectivity index (χ2v) is 5.88. The molecular weight excluding hydrogens is 280 g/mol. The van der Waals surface area contributed by atoms with Crippen LogP contribution in [0.1, 0.15) is 31.7 Å². The van der Waals surface area contributed by atoms with Crippen LogP contribution in [0.15, 0.2) is 18.2 Å². The zero-order valence-electron chi connectivity index (χ0n) is 12.9. The summed E-state index contributed by atoms with van der Waals surface area (Å²) in [5, 5.41) is 2.98. The average molecular weight is 302 g/mol. The van der Waals surface area contributed by atoms with E-state index in [2.05, 4.69) is 5.32 Å². The Labute approximate surface area is 130 Å². The molecule has 3 rings (SSSR count). The number of rotatable bonds is 3. The Morgan fingerprint density at radius 2 is 2.27 bits per heavy atom. The molecule has 2 amide bonds. The Bertz CT molecular complexity index is 579. The normalized spacial score (nSPS) is 21.4. The Morgan fingerprint density at radius 3 is 3.00 bits per heavy atom. The van der Waals surface area contributed by atoms with Crippen molar-refractivity contribution in [3.8, 4) is 0 Å². The summed E-state index contributed by atoms with van der Waals surface area (Å²) in [5.74, 6) is 0.142. The van der Waals surface area contributed by atoms with Crippen LogP contribution in [0.3, 0.4) is 0 Å². The van der Waals surface area contributed by atoms with Gasteiger partial charge in [0, 0.05) is 30.9 Å². The molecule has 2 aliphatic heterocycles. The molecule has 0 radical (unpaired) electrons. The monoisotopic (exact) mass is 302 g/mol. The molecule has 1 atom stereocenters. The van der Waals surface area contributed by atoms with E-state index in [4.69, 9.17) is 4.74 Å². The molecule has 0 spiro atoms. The maximum Gasteiger partial charge on any atom is 0.229 e. The number of hydrogen-bond acceptors (Lipinski definition) is 3. The molecule has 1 aromatic rings. The first-order valence-corrected chi connectivity index (χ1v) is 8.01. The molecule has 5 heteroatoms. The van der Waals surface area contributed by atoms with E-state index in [0.29, 0.717) is 19.6 Å². The van der Waals surface area contributed by atoms with Gasteiger partial charge in [0.2, 0.25) is 11.8 Å². The number of nitrogens with zero attached hydrogens (tertiary/aromatic N) is 1. The Morgan fingerprint density at radius 1 is 1.41 bits per heavy atom. The number of aryl methyl sites for hydroxylation is 1. The third kappa shape index (κ3) is 2.99. The zero-order chi connectivity index (χ0) is 15.5. The van der Waals surface area contributed by atoms with Crippen LogP contribution >= 0.6 is 0 Å². The van der Waals surface area contributed by atoms with Crippen molar-refractivity contribution in [2.75, 3.05) is 30.0 Å². The van der Waals surface area contributed by atoms with Crippen molar-refractivity contribution in [3.05, 3.63) is 23.8 Å². The van der Waals surface area contributed by atoms with E-state index in [1.165, 1.54) is 0 Å². The first-order chi connectivity index (χ1) is 10.7. The SMILES string of the molecule is CCN1C(=O)CCc2cc(NC(=O)C3CCCOC3)ccc21. The second kappa shape index (κ2) is 6.48. The van der Waals surface area contributed by atoms with Gasteiger partial charge in [-0.15, -0.1) is 0 Å². The molecule has 1 aromatic carbocycles. The summed E-state index contributed by atoms with van der Waals surface area (Å²) >= 11 is 0. The molecule has 0 aromatic heterocycles. The van der Waals surface area contributed by atoms with Gasteiger partial charge in [0.25, 0.3) is 0 Å². The highest BCUT2D eigenvalue weighted by Gasteiger charge is 2.24. The molecule has 1 unspecified atom stereocenters. The standard InChI is InChI=1S/C17H22N2O3/c1-2-19-15-7-6-14(10-12(15)5-8-16(19)20)18-17(21)13-4-3-9-22-11-13/h6-7,10,13H,2-5,8-9,11H2,1H3,(H,18,21). The summed E-state index contributed by atoms with van der Waals surface area (Å²) in [7, 11) is 0. The lowest BCUT2D eigenvalue weighted by molar-refractivity contribution is -0.123. The van der Waals surface area contributed by atoms with Crippen LogP contribution in [0.2, 0.25) is 0 Å². The van der Waals surface area contributed by atoms with Crippen molar-refractivity contribution in [2.24, 2.45) is 5.92 Å². The maximum atomic E-state index is 12.3. The fourth-order valence-corrected chi connectivity index (χ4v) is 3.18. The number of benzene rings is 1. The lowest BCUT2D eigenvalue weighted by atomic mass is 9.99. The minimum atomic E-state index is -0.0569. The van der Waals surface area contributed by atoms with Gasteiger partial charge in [0.15, 0.2) is 0 Å². The van der Waals surface area contributed by atoms with E-state index < -0.39 is 0 Å². The van der Waals surface area contributed by atoms with Crippen LogP contribution in [-0.4, -0.2) is 31.6 Å². The fourth-order valence-electron chi connectivity index (χ4n) is 3.18. The summed E-state index contributed by atoms with van der Waals surface area (Å²) < 4.78 is 5.37. The van der Waals surface area contributed by atoms with Crippen molar-refractivity contribution in [1.82, 2.24) is 0 Å². The number of anilines is 2. The smallest absolute Gasteiger partial charge is 0.229 e. The number of carbonyl (C=O) groups is 2. The molecule has 5 nitrogen and oxygen atoms in total. The number of amides is 2. The molecule has 0 saturated carbocycles. The molecule has 2 aliphatic rings. The van der Waals surface area contributed by atoms with E-state index in [1.807, 2.05) is 25.1 Å². The lowest BCUT2D eigenvalue weighted by Gasteiger charge is -2.29. The van der Waals surface area contributed by atoms with Crippen molar-refractivity contribution >= 4 is 23.2 Å². The van der Waals surface area contributed by atoms with Crippen molar-refractivity contribution in [1.29, 1.82) is 0 Å². The summed E-state index contributed by atoms with van der Waals surface area (Å²) in [6.45, 7) is 3.92. The fraction of sp³-hybridized carbons (Fsp3) is 0.529. The summed E-state index contributed by atoms with van der Waals surface area (Å²) in [5.41, 5.74) is 2.90. The van der Waals surface area contributed by atoms with Crippen molar-refractivity contribution < 1.29 is 14.3 Å². The predicted molar refractivity (Wildman–Crippen MR) is 85.0 cm³/mol. The van der Waals surface area contributed by atoms with Gasteiger partial charge in [-0.2, -0.15) is 0 Å². The van der Waals surface area contributed by atoms with E-state index in [9.17, 15) is 9.59 Å². The van der Waals surface area contributed by atoms with Crippen molar-refractivity contribution in [3.63, 3.8) is 0 Å². The third-order valence-corrected chi connectivity index (χ3v) is 4.39. The minimum absolute atomic E-state index is 0.0267. The number of fused-ring (bicyclic) bond motifs is 1. The van der Waals surface area contributed by atoms with Gasteiger partial charge < -0.3 is 15.0 Å². The van der Waals surface area contributed by atoms with Crippen LogP contribution in [0.4, 0.5) is 11.4 Å². The van der Waals surface area contributed by atoms with Crippen molar-refractivity contribution in [2.45, 2.75) is 32.6 Å². The average Bonchev–Trinajstić information content (AvgIpc) is 2.55. The molecule has 1 fully saturated rings. The van der Waals surface area contributed by atoms with E-state index in [0.717, 1.165) is 42.8 Å². The largest absolute Gasteiger partial charge is 0.381 e. The van der Waals surface area contributed by atoms with Gasteiger partial charge in [-0.3, -0.25) is 9.59 Å². The number of ether oxygens (including phenoxy) is 1. The van der Waals surface area contributed by atoms with Gasteiger partial charge in [-0.05, 0) is 49.9 Å². The quantitative estimate of drug-likeness (QED) is 0.932. The highest BCUT2D eigenvalue weighted by atomic mass is 16.5. The maximum absolute atomic E-state index is 12.3. The minimum Gasteiger partial charge on any atom is -0.381 e. The predicted octanol–water partition coefficient (Wildman–Crippen LogP) is 2.35. The lowest BCUT2D eigenvalue weighted by Crippen LogP contribution is -2.35. The summed E-state index contributed by atoms with van der Waals surface area (Å²) in [6, 6.07) is 5.80. The van der Waals surface area contributed by atoms with Crippen LogP contribution < -0.4 is 10.2 Å². The van der Waals surface area contributed by atoms with Gasteiger partial charge in [0.1, 0.15) is 0 Å². The molecule has 1 N–H and O–H groups in total. The zero-order valence-corrected chi connectivity index (χ0v) is 12.9. The number of nitrogens with one attached hydrogen (secondary N) is 1. The van der Waals surface area contributed by atoms with Gasteiger partial charge in [-0.25, -0.2) is 0 Å². The Balaban J connectivity index is 1.73. The first kappa shape index (κ1) is 15.0. The molecule has 118 valence electrons. The Kier molecular flexibility index (Phi) is 4.43. The third-order valence-electron chi connectivity index (χ3n) is 4.39. The van der Waals surface area contributed by atoms with Crippen LogP contribution in [0, 0.1) is 5.92 Å². The van der Waals surface area contributed by atoms with Crippen LogP contribution in [0.25, 0.3) is 0 Å². The van der Waals surface area contributed by atoms with Gasteiger partial charge >= 0.3 is 0 Å². The number of carbonyl (C=O) groups excluding carboxylic acids is 2. The van der Waals surface area contributed by atoms with E-state index >= 15 is 0 Å². The van der Waals surface area contributed by atoms with Gasteiger partial charge in [-0.1, -0.05) is 0 Å². The molecule has 2 heterocycles. The van der Waals surface area contributed by atoms with Crippen LogP contribution in [0.5, 0.6) is 0 Å². The Hall–Kier alpha value is -1.88. The van der Waals surface area contributed by atoms with Gasteiger partial charge in [0.05, 0.1) is 12.5 Å². The molecule has 1 saturated heterocycles. The molecule has 22 heavy (non-hydrogen) atoms. The molecule has 0 aliphatic carbocycles. The topological polar surface area (TPSA) is 58.6 Å². The number of hydrogen-bond donors (Lipinski definition) is 1. The first-order valence-electron chi connectivity index (χ1n) is 8.01. The summed E-state index contributed by atoms with van der Waals surface area (Å²) in [6.07, 6.45) is 3.10. The van der Waals surface area contributed by atoms with E-state index in [1.54, 1.807) is 4.90 Å².